The number of hydrogen-bond acceptors (Lipinski definition) is 2. The molecule has 1 aromatic heterocycles. The van der Waals surface area contributed by atoms with Crippen molar-refractivity contribution in [1.82, 2.24) is 0 Å². The number of carbonyl (C=O) groups is 1. The van der Waals surface area contributed by atoms with E-state index in [0.29, 0.717) is 28.0 Å². The van der Waals surface area contributed by atoms with Crippen LogP contribution >= 0.6 is 22.9 Å². The average Bonchev–Trinajstić information content (AvgIpc) is 2.77. The fourth-order valence-electron chi connectivity index (χ4n) is 1.46. The summed E-state index contributed by atoms with van der Waals surface area (Å²) in [4.78, 5) is 11.6. The summed E-state index contributed by atoms with van der Waals surface area (Å²) in [5.74, 6) is -0.00449. The van der Waals surface area contributed by atoms with Crippen LogP contribution in [0.5, 0.6) is 0 Å². The molecule has 0 aliphatic rings. The second kappa shape index (κ2) is 6.72. The van der Waals surface area contributed by atoms with Crippen molar-refractivity contribution in [3.63, 3.8) is 0 Å². The van der Waals surface area contributed by atoms with Crippen LogP contribution in [0.15, 0.2) is 23.6 Å². The summed E-state index contributed by atoms with van der Waals surface area (Å²) in [7, 11) is 0. The fourth-order valence-corrected chi connectivity index (χ4v) is 2.61. The molecule has 0 saturated heterocycles. The van der Waals surface area contributed by atoms with Crippen LogP contribution in [0.1, 0.15) is 30.6 Å². The molecule has 0 spiro atoms. The molecule has 17 heavy (non-hydrogen) atoms. The van der Waals surface area contributed by atoms with Gasteiger partial charge in [0.05, 0.1) is 4.70 Å². The van der Waals surface area contributed by atoms with Crippen LogP contribution in [-0.4, -0.2) is 11.7 Å². The maximum Gasteiger partial charge on any atom is 0.165 e. The summed E-state index contributed by atoms with van der Waals surface area (Å²) in [6.07, 6.45) is 0.296. The number of hydrogen-bond donors (Lipinski definition) is 0. The number of benzene rings is 1. The molecule has 92 valence electrons. The smallest absolute Gasteiger partial charge is 0.165 e. The Labute approximate surface area is 109 Å². The standard InChI is InChI=1S/C11H8ClFOS.C2H6/c12-5-4-10(14)8-6-15-11-7(8)2-1-3-9(11)13;1-2/h1-3,6H,4-5H2;1-2H3. The summed E-state index contributed by atoms with van der Waals surface area (Å²) in [5.41, 5.74) is 0.579. The topological polar surface area (TPSA) is 17.1 Å². The number of ketones is 1. The van der Waals surface area contributed by atoms with Crippen LogP contribution in [-0.2, 0) is 0 Å². The molecule has 1 nitrogen and oxygen atoms in total. The number of fused-ring (bicyclic) bond motifs is 1. The zero-order valence-corrected chi connectivity index (χ0v) is 11.4. The largest absolute Gasteiger partial charge is 0.294 e. The zero-order chi connectivity index (χ0) is 12.8. The first kappa shape index (κ1) is 14.1. The molecule has 0 amide bonds. The van der Waals surface area contributed by atoms with E-state index in [1.165, 1.54) is 17.4 Å². The van der Waals surface area contributed by atoms with Gasteiger partial charge in [-0.3, -0.25) is 4.79 Å². The fraction of sp³-hybridized carbons (Fsp3) is 0.308. The number of halogens is 2. The van der Waals surface area contributed by atoms with Crippen LogP contribution in [0, 0.1) is 5.82 Å². The first-order valence-electron chi connectivity index (χ1n) is 5.49. The van der Waals surface area contributed by atoms with E-state index in [1.807, 2.05) is 13.8 Å². The number of thiophene rings is 1. The van der Waals surface area contributed by atoms with Crippen LogP contribution in [0.4, 0.5) is 4.39 Å². The molecule has 0 saturated carbocycles. The zero-order valence-electron chi connectivity index (χ0n) is 9.80. The first-order chi connectivity index (χ1) is 8.24. The van der Waals surface area contributed by atoms with E-state index in [-0.39, 0.29) is 11.6 Å². The van der Waals surface area contributed by atoms with E-state index in [4.69, 9.17) is 11.6 Å². The van der Waals surface area contributed by atoms with Gasteiger partial charge in [-0.15, -0.1) is 22.9 Å². The lowest BCUT2D eigenvalue weighted by molar-refractivity contribution is 0.0991. The van der Waals surface area contributed by atoms with E-state index in [1.54, 1.807) is 17.5 Å². The summed E-state index contributed by atoms with van der Waals surface area (Å²) in [5, 5.41) is 2.39. The van der Waals surface area contributed by atoms with Crippen LogP contribution in [0.3, 0.4) is 0 Å². The van der Waals surface area contributed by atoms with E-state index in [9.17, 15) is 9.18 Å². The average molecular weight is 273 g/mol. The molecule has 2 aromatic rings. The van der Waals surface area contributed by atoms with Crippen molar-refractivity contribution in [3.8, 4) is 0 Å². The highest BCUT2D eigenvalue weighted by Gasteiger charge is 2.13. The second-order valence-electron chi connectivity index (χ2n) is 3.13. The monoisotopic (exact) mass is 272 g/mol. The Morgan fingerprint density at radius 3 is 2.76 bits per heavy atom. The maximum absolute atomic E-state index is 13.3. The van der Waals surface area contributed by atoms with Gasteiger partial charge in [-0.05, 0) is 6.07 Å². The van der Waals surface area contributed by atoms with Gasteiger partial charge < -0.3 is 0 Å². The Balaban J connectivity index is 0.000000686. The first-order valence-corrected chi connectivity index (χ1v) is 6.90. The molecule has 0 bridgehead atoms. The lowest BCUT2D eigenvalue weighted by atomic mass is 10.1. The van der Waals surface area contributed by atoms with Gasteiger partial charge in [0, 0.05) is 28.6 Å². The third kappa shape index (κ3) is 3.05. The number of alkyl halides is 1. The molecule has 4 heteroatoms. The van der Waals surface area contributed by atoms with Crippen LogP contribution < -0.4 is 0 Å². The minimum Gasteiger partial charge on any atom is -0.294 e. The molecular formula is C13H14ClFOS. The molecule has 0 N–H and O–H groups in total. The van der Waals surface area contributed by atoms with Gasteiger partial charge in [0.2, 0.25) is 0 Å². The van der Waals surface area contributed by atoms with Crippen LogP contribution in [0.2, 0.25) is 0 Å². The highest BCUT2D eigenvalue weighted by atomic mass is 35.5. The van der Waals surface area contributed by atoms with Crippen molar-refractivity contribution in [1.29, 1.82) is 0 Å². The highest BCUT2D eigenvalue weighted by molar-refractivity contribution is 7.17. The molecule has 0 atom stereocenters. The van der Waals surface area contributed by atoms with E-state index in [2.05, 4.69) is 0 Å². The molecule has 2 rings (SSSR count). The van der Waals surface area contributed by atoms with Gasteiger partial charge in [0.25, 0.3) is 0 Å². The Hall–Kier alpha value is -0.930. The molecule has 1 aromatic carbocycles. The number of carbonyl (C=O) groups excluding carboxylic acids is 1. The van der Waals surface area contributed by atoms with E-state index < -0.39 is 0 Å². The predicted octanol–water partition coefficient (Wildman–Crippen LogP) is 4.88. The third-order valence-corrected chi connectivity index (χ3v) is 3.37. The van der Waals surface area contributed by atoms with Gasteiger partial charge in [-0.1, -0.05) is 26.0 Å². The summed E-state index contributed by atoms with van der Waals surface area (Å²) in [6.45, 7) is 4.00. The molecule has 0 aliphatic heterocycles. The van der Waals surface area contributed by atoms with Gasteiger partial charge in [0.15, 0.2) is 5.78 Å². The van der Waals surface area contributed by atoms with Crippen LogP contribution in [0.25, 0.3) is 10.1 Å². The predicted molar refractivity (Wildman–Crippen MR) is 72.8 cm³/mol. The Bertz CT molecular complexity index is 507. The van der Waals surface area contributed by atoms with Gasteiger partial charge in [0.1, 0.15) is 5.82 Å². The Kier molecular flexibility index (Phi) is 5.59. The number of rotatable bonds is 3. The molecule has 1 heterocycles. The van der Waals surface area contributed by atoms with Crippen molar-refractivity contribution in [2.75, 3.05) is 5.88 Å². The summed E-state index contributed by atoms with van der Waals surface area (Å²) >= 11 is 6.76. The van der Waals surface area contributed by atoms with Crippen molar-refractivity contribution in [3.05, 3.63) is 35.0 Å². The van der Waals surface area contributed by atoms with Crippen molar-refractivity contribution in [2.24, 2.45) is 0 Å². The summed E-state index contributed by atoms with van der Waals surface area (Å²) < 4.78 is 13.9. The van der Waals surface area contributed by atoms with E-state index >= 15 is 0 Å². The lowest BCUT2D eigenvalue weighted by Gasteiger charge is -1.96. The molecule has 0 radical (unpaired) electrons. The third-order valence-electron chi connectivity index (χ3n) is 2.17. The van der Waals surface area contributed by atoms with Gasteiger partial charge >= 0.3 is 0 Å². The highest BCUT2D eigenvalue weighted by Crippen LogP contribution is 2.28. The number of Topliss-reactive ketones (excluding diaryl/α,β-unsaturated/α-hetero) is 1. The van der Waals surface area contributed by atoms with Gasteiger partial charge in [-0.25, -0.2) is 4.39 Å². The second-order valence-corrected chi connectivity index (χ2v) is 4.39. The van der Waals surface area contributed by atoms with E-state index in [0.717, 1.165) is 0 Å². The lowest BCUT2D eigenvalue weighted by Crippen LogP contribution is -1.98. The quantitative estimate of drug-likeness (QED) is 0.575. The molecule has 0 aliphatic carbocycles. The van der Waals surface area contributed by atoms with Crippen molar-refractivity contribution < 1.29 is 9.18 Å². The maximum atomic E-state index is 13.3. The molecular weight excluding hydrogens is 259 g/mol. The minimum absolute atomic E-state index is 0.0261. The van der Waals surface area contributed by atoms with Crippen molar-refractivity contribution >= 4 is 38.8 Å². The molecule has 0 fully saturated rings. The summed E-state index contributed by atoms with van der Waals surface area (Å²) in [6, 6.07) is 4.77. The Morgan fingerprint density at radius 1 is 1.41 bits per heavy atom. The minimum atomic E-state index is -0.276. The molecule has 0 unspecified atom stereocenters. The van der Waals surface area contributed by atoms with Crippen molar-refractivity contribution in [2.45, 2.75) is 20.3 Å². The SMILES string of the molecule is CC.O=C(CCCl)c1csc2c(F)cccc12. The van der Waals surface area contributed by atoms with Gasteiger partial charge in [-0.2, -0.15) is 0 Å². The normalized spacial score (nSPS) is 9.88. The Morgan fingerprint density at radius 2 is 2.12 bits per heavy atom.